The zero-order valence-electron chi connectivity index (χ0n) is 37.1. The van der Waals surface area contributed by atoms with Gasteiger partial charge in [-0.3, -0.25) is 4.57 Å². The molecule has 0 N–H and O–H groups in total. The number of rotatable bonds is 5. The first-order valence-electron chi connectivity index (χ1n) is 23.4. The van der Waals surface area contributed by atoms with Gasteiger partial charge in [-0.1, -0.05) is 176 Å². The van der Waals surface area contributed by atoms with Gasteiger partial charge in [0.05, 0.1) is 33.1 Å². The van der Waals surface area contributed by atoms with Gasteiger partial charge >= 0.3 is 0 Å². The van der Waals surface area contributed by atoms with Gasteiger partial charge in [-0.15, -0.1) is 0 Å². The molecule has 6 heteroatoms. The average Bonchev–Trinajstić information content (AvgIpc) is 4.07. The molecular weight excluding hydrogens is 841 g/mol. The highest BCUT2D eigenvalue weighted by Crippen LogP contribution is 2.44. The van der Waals surface area contributed by atoms with Crippen LogP contribution >= 0.6 is 0 Å². The van der Waals surface area contributed by atoms with E-state index in [1.165, 1.54) is 53.9 Å². The largest absolute Gasteiger partial charge is 0.309 e. The summed E-state index contributed by atoms with van der Waals surface area (Å²) in [5.74, 6) is 1.76. The van der Waals surface area contributed by atoms with E-state index < -0.39 is 0 Å². The summed E-state index contributed by atoms with van der Waals surface area (Å²) < 4.78 is 7.05. The topological polar surface area (TPSA) is 53.5 Å². The minimum absolute atomic E-state index is 0.555. The van der Waals surface area contributed by atoms with Crippen LogP contribution in [0, 0.1) is 0 Å². The minimum Gasteiger partial charge on any atom is -0.309 e. The summed E-state index contributed by atoms with van der Waals surface area (Å²) >= 11 is 0. The van der Waals surface area contributed by atoms with Crippen LogP contribution in [0.25, 0.3) is 138 Å². The molecule has 0 atom stereocenters. The SMILES string of the molecule is c1ccc(-c2nc(-c3ccc4c5ccccc5n(-c5ccccc5)c4c3)nc(-n3c4ccccc4c4c3ccc3c5ccccc5n(-c5ccc6c7ccccc7c7ccccc7c6c5)c34)n2)cc1. The lowest BCUT2D eigenvalue weighted by Crippen LogP contribution is -2.06. The highest BCUT2D eigenvalue weighted by atomic mass is 15.2. The summed E-state index contributed by atoms with van der Waals surface area (Å²) in [6.07, 6.45) is 0. The number of fused-ring (bicyclic) bond motifs is 16. The van der Waals surface area contributed by atoms with Gasteiger partial charge in [-0.05, 0) is 86.9 Å². The van der Waals surface area contributed by atoms with Crippen LogP contribution in [-0.2, 0) is 0 Å². The fraction of sp³-hybridized carbons (Fsp3) is 0. The van der Waals surface area contributed by atoms with E-state index >= 15 is 0 Å². The van der Waals surface area contributed by atoms with Crippen LogP contribution in [0.5, 0.6) is 0 Å². The van der Waals surface area contributed by atoms with Gasteiger partial charge in [0.1, 0.15) is 0 Å². The maximum absolute atomic E-state index is 5.45. The lowest BCUT2D eigenvalue weighted by Gasteiger charge is -2.14. The molecule has 0 unspecified atom stereocenters. The predicted octanol–water partition coefficient (Wildman–Crippen LogP) is 16.0. The van der Waals surface area contributed by atoms with Crippen molar-refractivity contribution in [2.24, 2.45) is 0 Å². The third kappa shape index (κ3) is 5.51. The molecule has 0 saturated carbocycles. The molecule has 15 rings (SSSR count). The van der Waals surface area contributed by atoms with Crippen molar-refractivity contribution in [3.8, 4) is 40.1 Å². The van der Waals surface area contributed by atoms with Crippen LogP contribution < -0.4 is 0 Å². The Morgan fingerprint density at radius 2 is 0.725 bits per heavy atom. The predicted molar refractivity (Wildman–Crippen MR) is 286 cm³/mol. The molecule has 15 aromatic rings. The zero-order chi connectivity index (χ0) is 45.2. The van der Waals surface area contributed by atoms with Crippen molar-refractivity contribution in [2.45, 2.75) is 0 Å². The summed E-state index contributed by atoms with van der Waals surface area (Å²) in [6, 6.07) is 82.7. The molecule has 4 heterocycles. The van der Waals surface area contributed by atoms with E-state index in [9.17, 15) is 0 Å². The van der Waals surface area contributed by atoms with Crippen LogP contribution in [0.1, 0.15) is 0 Å². The highest BCUT2D eigenvalue weighted by Gasteiger charge is 2.24. The molecule has 0 amide bonds. The Bertz CT molecular complexity index is 4560. The van der Waals surface area contributed by atoms with Crippen molar-refractivity contribution < 1.29 is 0 Å². The lowest BCUT2D eigenvalue weighted by molar-refractivity contribution is 0.953. The van der Waals surface area contributed by atoms with Crippen molar-refractivity contribution >= 4 is 97.7 Å². The third-order valence-electron chi connectivity index (χ3n) is 14.3. The van der Waals surface area contributed by atoms with E-state index in [4.69, 9.17) is 15.0 Å². The molecule has 4 aromatic heterocycles. The maximum atomic E-state index is 5.45. The third-order valence-corrected chi connectivity index (χ3v) is 14.3. The number of hydrogen-bond acceptors (Lipinski definition) is 3. The molecule has 6 nitrogen and oxygen atoms in total. The Morgan fingerprint density at radius 1 is 0.246 bits per heavy atom. The molecule has 69 heavy (non-hydrogen) atoms. The molecule has 0 fully saturated rings. The molecule has 0 aliphatic carbocycles. The Kier molecular flexibility index (Phi) is 7.97. The minimum atomic E-state index is 0.555. The quantitative estimate of drug-likeness (QED) is 0.162. The van der Waals surface area contributed by atoms with Crippen LogP contribution in [0.4, 0.5) is 0 Å². The van der Waals surface area contributed by atoms with E-state index in [0.29, 0.717) is 17.6 Å². The van der Waals surface area contributed by atoms with Gasteiger partial charge in [0.25, 0.3) is 0 Å². The van der Waals surface area contributed by atoms with Gasteiger partial charge in [-0.2, -0.15) is 9.97 Å². The first kappa shape index (κ1) is 37.8. The fourth-order valence-electron chi connectivity index (χ4n) is 11.3. The number of aromatic nitrogens is 6. The smallest absolute Gasteiger partial charge is 0.238 e. The lowest BCUT2D eigenvalue weighted by atomic mass is 9.94. The van der Waals surface area contributed by atoms with E-state index in [0.717, 1.165) is 66.4 Å². The first-order valence-corrected chi connectivity index (χ1v) is 23.4. The van der Waals surface area contributed by atoms with Crippen molar-refractivity contribution in [3.05, 3.63) is 231 Å². The number of hydrogen-bond donors (Lipinski definition) is 0. The fourth-order valence-corrected chi connectivity index (χ4v) is 11.3. The van der Waals surface area contributed by atoms with E-state index in [-0.39, 0.29) is 0 Å². The normalized spacial score (nSPS) is 12.1. The van der Waals surface area contributed by atoms with Crippen molar-refractivity contribution in [1.29, 1.82) is 0 Å². The van der Waals surface area contributed by atoms with Gasteiger partial charge in [0.15, 0.2) is 11.6 Å². The summed E-state index contributed by atoms with van der Waals surface area (Å²) in [7, 11) is 0. The Hall–Kier alpha value is -9.39. The molecule has 0 aliphatic rings. The molecular formula is C63H38N6. The molecule has 0 bridgehead atoms. The highest BCUT2D eigenvalue weighted by molar-refractivity contribution is 6.28. The Balaban J connectivity index is 1.01. The summed E-state index contributed by atoms with van der Waals surface area (Å²) in [5, 5.41) is 14.5. The second-order valence-electron chi connectivity index (χ2n) is 18.0. The monoisotopic (exact) mass is 878 g/mol. The number of para-hydroxylation sites is 4. The summed E-state index contributed by atoms with van der Waals surface area (Å²) in [6.45, 7) is 0. The van der Waals surface area contributed by atoms with E-state index in [1.807, 2.05) is 18.2 Å². The van der Waals surface area contributed by atoms with Gasteiger partial charge in [0.2, 0.25) is 5.95 Å². The average molecular weight is 879 g/mol. The summed E-state index contributed by atoms with van der Waals surface area (Å²) in [4.78, 5) is 16.1. The molecule has 320 valence electrons. The van der Waals surface area contributed by atoms with Crippen LogP contribution in [0.3, 0.4) is 0 Å². The molecule has 0 saturated heterocycles. The molecule has 0 spiro atoms. The van der Waals surface area contributed by atoms with Crippen molar-refractivity contribution in [3.63, 3.8) is 0 Å². The molecule has 0 radical (unpaired) electrons. The van der Waals surface area contributed by atoms with Crippen LogP contribution in [0.2, 0.25) is 0 Å². The first-order chi connectivity index (χ1) is 34.2. The van der Waals surface area contributed by atoms with E-state index in [2.05, 4.69) is 226 Å². The second-order valence-corrected chi connectivity index (χ2v) is 18.0. The maximum Gasteiger partial charge on any atom is 0.238 e. The van der Waals surface area contributed by atoms with Gasteiger partial charge < -0.3 is 9.13 Å². The van der Waals surface area contributed by atoms with Gasteiger partial charge in [0, 0.05) is 54.8 Å². The van der Waals surface area contributed by atoms with Crippen LogP contribution in [0.15, 0.2) is 231 Å². The van der Waals surface area contributed by atoms with Crippen molar-refractivity contribution in [2.75, 3.05) is 0 Å². The van der Waals surface area contributed by atoms with Crippen LogP contribution in [-0.4, -0.2) is 28.7 Å². The van der Waals surface area contributed by atoms with E-state index in [1.54, 1.807) is 0 Å². The number of nitrogens with zero attached hydrogens (tertiary/aromatic N) is 6. The zero-order valence-corrected chi connectivity index (χ0v) is 37.1. The standard InChI is InChI=1S/C63H38N6/c1-3-17-39(18-4-1)61-64-62(40-31-33-50-48-25-11-14-28-54(48)67(58(50)37-40)41-19-5-2-6-20-41)66-63(65-61)69-56-30-16-13-27-52(56)59-57(69)36-35-51-49-26-12-15-29-55(49)68(60(51)59)42-32-34-47-45-23-8-7-21-43(45)44-22-9-10-24-46(44)53(47)38-42/h1-38H. The van der Waals surface area contributed by atoms with Crippen molar-refractivity contribution in [1.82, 2.24) is 28.7 Å². The number of benzene rings is 11. The Morgan fingerprint density at radius 3 is 1.41 bits per heavy atom. The Labute approximate surface area is 395 Å². The summed E-state index contributed by atoms with van der Waals surface area (Å²) in [5.41, 5.74) is 10.6. The van der Waals surface area contributed by atoms with Gasteiger partial charge in [-0.25, -0.2) is 4.98 Å². The second kappa shape index (κ2) is 14.6. The molecule has 11 aromatic carbocycles. The molecule has 0 aliphatic heterocycles.